The minimum atomic E-state index is -0.142. The Balaban J connectivity index is 2.69. The van der Waals surface area contributed by atoms with E-state index in [9.17, 15) is 4.79 Å². The van der Waals surface area contributed by atoms with Crippen LogP contribution in [0, 0.1) is 0 Å². The van der Waals surface area contributed by atoms with Crippen molar-refractivity contribution in [2.75, 3.05) is 13.2 Å². The summed E-state index contributed by atoms with van der Waals surface area (Å²) >= 11 is 0. The molecule has 3 nitrogen and oxygen atoms in total. The zero-order valence-electron chi connectivity index (χ0n) is 9.98. The lowest BCUT2D eigenvalue weighted by atomic mass is 10.2. The van der Waals surface area contributed by atoms with Gasteiger partial charge < -0.3 is 10.1 Å². The SMILES string of the molecule is C=CCNC(=O)/C=C/c1ccccc1OCC. The zero-order chi connectivity index (χ0) is 12.5. The van der Waals surface area contributed by atoms with Crippen molar-refractivity contribution in [3.8, 4) is 5.75 Å². The molecule has 1 amide bonds. The van der Waals surface area contributed by atoms with Gasteiger partial charge in [-0.2, -0.15) is 0 Å². The fourth-order valence-corrected chi connectivity index (χ4v) is 1.30. The minimum absolute atomic E-state index is 0.142. The van der Waals surface area contributed by atoms with Crippen molar-refractivity contribution < 1.29 is 9.53 Å². The molecule has 0 aliphatic rings. The second kappa shape index (κ2) is 7.28. The predicted octanol–water partition coefficient (Wildman–Crippen LogP) is 2.40. The molecule has 0 radical (unpaired) electrons. The smallest absolute Gasteiger partial charge is 0.244 e. The van der Waals surface area contributed by atoms with Crippen LogP contribution in [0.4, 0.5) is 0 Å². The second-order valence-electron chi connectivity index (χ2n) is 3.34. The number of hydrogen-bond acceptors (Lipinski definition) is 2. The van der Waals surface area contributed by atoms with E-state index in [0.717, 1.165) is 11.3 Å². The molecule has 0 atom stereocenters. The van der Waals surface area contributed by atoms with Crippen LogP contribution >= 0.6 is 0 Å². The molecule has 90 valence electrons. The molecule has 0 aliphatic carbocycles. The minimum Gasteiger partial charge on any atom is -0.493 e. The lowest BCUT2D eigenvalue weighted by Gasteiger charge is -2.06. The number of hydrogen-bond donors (Lipinski definition) is 1. The largest absolute Gasteiger partial charge is 0.493 e. The summed E-state index contributed by atoms with van der Waals surface area (Å²) in [7, 11) is 0. The van der Waals surface area contributed by atoms with Crippen LogP contribution in [-0.2, 0) is 4.79 Å². The molecule has 0 unspecified atom stereocenters. The van der Waals surface area contributed by atoms with Crippen LogP contribution < -0.4 is 10.1 Å². The van der Waals surface area contributed by atoms with Crippen molar-refractivity contribution in [2.45, 2.75) is 6.92 Å². The van der Waals surface area contributed by atoms with E-state index in [1.54, 1.807) is 12.2 Å². The number of ether oxygens (including phenoxy) is 1. The van der Waals surface area contributed by atoms with Gasteiger partial charge in [-0.3, -0.25) is 4.79 Å². The van der Waals surface area contributed by atoms with Crippen molar-refractivity contribution in [3.05, 3.63) is 48.6 Å². The van der Waals surface area contributed by atoms with Crippen molar-refractivity contribution in [3.63, 3.8) is 0 Å². The first-order valence-electron chi connectivity index (χ1n) is 5.56. The molecule has 0 bridgehead atoms. The molecule has 3 heteroatoms. The third kappa shape index (κ3) is 4.55. The Bertz CT molecular complexity index is 410. The van der Waals surface area contributed by atoms with Gasteiger partial charge in [-0.15, -0.1) is 6.58 Å². The van der Waals surface area contributed by atoms with Gasteiger partial charge in [0.2, 0.25) is 5.91 Å². The predicted molar refractivity (Wildman–Crippen MR) is 69.9 cm³/mol. The third-order valence-electron chi connectivity index (χ3n) is 2.05. The fraction of sp³-hybridized carbons (Fsp3) is 0.214. The molecule has 1 aromatic carbocycles. The van der Waals surface area contributed by atoms with Crippen LogP contribution in [-0.4, -0.2) is 19.1 Å². The van der Waals surface area contributed by atoms with E-state index in [2.05, 4.69) is 11.9 Å². The zero-order valence-corrected chi connectivity index (χ0v) is 9.98. The summed E-state index contributed by atoms with van der Waals surface area (Å²) in [5.74, 6) is 0.638. The maximum Gasteiger partial charge on any atom is 0.244 e. The first-order valence-corrected chi connectivity index (χ1v) is 5.56. The Morgan fingerprint density at radius 2 is 2.24 bits per heavy atom. The Morgan fingerprint density at radius 3 is 2.94 bits per heavy atom. The molecule has 1 aromatic rings. The summed E-state index contributed by atoms with van der Waals surface area (Å²) in [6, 6.07) is 7.59. The maximum atomic E-state index is 11.4. The van der Waals surface area contributed by atoms with Gasteiger partial charge in [0.25, 0.3) is 0 Å². The van der Waals surface area contributed by atoms with Crippen LogP contribution in [0.15, 0.2) is 43.0 Å². The molecule has 0 heterocycles. The van der Waals surface area contributed by atoms with Gasteiger partial charge >= 0.3 is 0 Å². The normalized spacial score (nSPS) is 10.2. The van der Waals surface area contributed by atoms with Crippen LogP contribution in [0.5, 0.6) is 5.75 Å². The highest BCUT2D eigenvalue weighted by molar-refractivity contribution is 5.92. The van der Waals surface area contributed by atoms with Gasteiger partial charge in [-0.05, 0) is 19.1 Å². The van der Waals surface area contributed by atoms with Gasteiger partial charge in [0.05, 0.1) is 6.61 Å². The van der Waals surface area contributed by atoms with Crippen molar-refractivity contribution in [1.82, 2.24) is 5.32 Å². The first kappa shape index (κ1) is 13.0. The molecule has 1 rings (SSSR count). The van der Waals surface area contributed by atoms with Gasteiger partial charge in [-0.1, -0.05) is 24.3 Å². The number of carbonyl (C=O) groups is 1. The molecule has 1 N–H and O–H groups in total. The van der Waals surface area contributed by atoms with E-state index in [1.165, 1.54) is 6.08 Å². The molecule has 0 fully saturated rings. The van der Waals surface area contributed by atoms with Crippen LogP contribution in [0.25, 0.3) is 6.08 Å². The van der Waals surface area contributed by atoms with Crippen LogP contribution in [0.1, 0.15) is 12.5 Å². The number of nitrogens with one attached hydrogen (secondary N) is 1. The number of carbonyl (C=O) groups excluding carboxylic acids is 1. The van der Waals surface area contributed by atoms with E-state index in [4.69, 9.17) is 4.74 Å². The summed E-state index contributed by atoms with van der Waals surface area (Å²) in [6.07, 6.45) is 4.87. The average molecular weight is 231 g/mol. The van der Waals surface area contributed by atoms with Crippen molar-refractivity contribution in [2.24, 2.45) is 0 Å². The topological polar surface area (TPSA) is 38.3 Å². The highest BCUT2D eigenvalue weighted by atomic mass is 16.5. The highest BCUT2D eigenvalue weighted by Gasteiger charge is 1.99. The van der Waals surface area contributed by atoms with Gasteiger partial charge in [-0.25, -0.2) is 0 Å². The molecule has 0 aliphatic heterocycles. The maximum absolute atomic E-state index is 11.4. The van der Waals surface area contributed by atoms with Gasteiger partial charge in [0, 0.05) is 18.2 Å². The van der Waals surface area contributed by atoms with Crippen molar-refractivity contribution >= 4 is 12.0 Å². The number of benzene rings is 1. The lowest BCUT2D eigenvalue weighted by molar-refractivity contribution is -0.116. The van der Waals surface area contributed by atoms with E-state index < -0.39 is 0 Å². The summed E-state index contributed by atoms with van der Waals surface area (Å²) in [6.45, 7) is 6.53. The van der Waals surface area contributed by atoms with E-state index in [1.807, 2.05) is 31.2 Å². The van der Waals surface area contributed by atoms with E-state index in [-0.39, 0.29) is 5.91 Å². The Labute approximate surface area is 102 Å². The molecular formula is C14H17NO2. The summed E-state index contributed by atoms with van der Waals surface area (Å²) < 4.78 is 5.45. The Kier molecular flexibility index (Phi) is 5.58. The summed E-state index contributed by atoms with van der Waals surface area (Å²) in [5.41, 5.74) is 0.892. The van der Waals surface area contributed by atoms with Crippen LogP contribution in [0.3, 0.4) is 0 Å². The van der Waals surface area contributed by atoms with Gasteiger partial charge in [0.1, 0.15) is 5.75 Å². The summed E-state index contributed by atoms with van der Waals surface area (Å²) in [4.78, 5) is 11.4. The Morgan fingerprint density at radius 1 is 1.47 bits per heavy atom. The molecule has 17 heavy (non-hydrogen) atoms. The molecular weight excluding hydrogens is 214 g/mol. The highest BCUT2D eigenvalue weighted by Crippen LogP contribution is 2.19. The lowest BCUT2D eigenvalue weighted by Crippen LogP contribution is -2.20. The molecule has 0 saturated carbocycles. The first-order chi connectivity index (χ1) is 8.27. The third-order valence-corrected chi connectivity index (χ3v) is 2.05. The van der Waals surface area contributed by atoms with E-state index >= 15 is 0 Å². The van der Waals surface area contributed by atoms with E-state index in [0.29, 0.717) is 13.2 Å². The quantitative estimate of drug-likeness (QED) is 0.603. The van der Waals surface area contributed by atoms with Crippen LogP contribution in [0.2, 0.25) is 0 Å². The average Bonchev–Trinajstić information content (AvgIpc) is 2.35. The second-order valence-corrected chi connectivity index (χ2v) is 3.34. The standard InChI is InChI=1S/C14H17NO2/c1-3-11-15-14(16)10-9-12-7-5-6-8-13(12)17-4-2/h3,5-10H,1,4,11H2,2H3,(H,15,16)/b10-9+. The molecule has 0 saturated heterocycles. The monoisotopic (exact) mass is 231 g/mol. The number of amides is 1. The number of para-hydroxylation sites is 1. The fourth-order valence-electron chi connectivity index (χ4n) is 1.30. The number of rotatable bonds is 6. The molecule has 0 spiro atoms. The molecule has 0 aromatic heterocycles. The Hall–Kier alpha value is -2.03. The van der Waals surface area contributed by atoms with Gasteiger partial charge in [0.15, 0.2) is 0 Å². The van der Waals surface area contributed by atoms with Crippen molar-refractivity contribution in [1.29, 1.82) is 0 Å². The summed E-state index contributed by atoms with van der Waals surface area (Å²) in [5, 5.41) is 2.67.